The summed E-state index contributed by atoms with van der Waals surface area (Å²) in [5.41, 5.74) is 2.85. The minimum atomic E-state index is -0.139. The Bertz CT molecular complexity index is 1020. The molecule has 0 atom stereocenters. The molecule has 134 valence electrons. The van der Waals surface area contributed by atoms with Gasteiger partial charge in [-0.1, -0.05) is 18.2 Å². The zero-order chi connectivity index (χ0) is 18.7. The summed E-state index contributed by atoms with van der Waals surface area (Å²) >= 11 is 0. The molecular weight excluding hydrogens is 328 g/mol. The van der Waals surface area contributed by atoms with Crippen molar-refractivity contribution < 1.29 is 4.74 Å². The van der Waals surface area contributed by atoms with Gasteiger partial charge < -0.3 is 9.72 Å². The van der Waals surface area contributed by atoms with E-state index < -0.39 is 0 Å². The molecule has 0 fully saturated rings. The predicted molar refractivity (Wildman–Crippen MR) is 102 cm³/mol. The van der Waals surface area contributed by atoms with E-state index in [2.05, 4.69) is 26.5 Å². The van der Waals surface area contributed by atoms with Gasteiger partial charge in [0.1, 0.15) is 22.9 Å². The number of hydrogen-bond acceptors (Lipinski definition) is 5. The summed E-state index contributed by atoms with van der Waals surface area (Å²) in [4.78, 5) is 28.8. The molecule has 0 unspecified atom stereocenters. The van der Waals surface area contributed by atoms with Crippen molar-refractivity contribution in [1.82, 2.24) is 19.9 Å². The second-order valence-electron chi connectivity index (χ2n) is 6.06. The third-order valence-electron chi connectivity index (χ3n) is 4.17. The number of aromatic amines is 1. The monoisotopic (exact) mass is 350 g/mol. The van der Waals surface area contributed by atoms with Crippen molar-refractivity contribution in [3.05, 3.63) is 69.8 Å². The van der Waals surface area contributed by atoms with E-state index in [0.717, 1.165) is 22.3 Å². The van der Waals surface area contributed by atoms with Crippen LogP contribution in [0.15, 0.2) is 35.6 Å². The van der Waals surface area contributed by atoms with Crippen molar-refractivity contribution in [2.24, 2.45) is 0 Å². The van der Waals surface area contributed by atoms with Crippen LogP contribution in [0.4, 0.5) is 0 Å². The Balaban J connectivity index is 2.03. The number of para-hydroxylation sites is 1. The molecule has 6 nitrogen and oxygen atoms in total. The topological polar surface area (TPSA) is 80.8 Å². The quantitative estimate of drug-likeness (QED) is 0.691. The molecule has 0 saturated heterocycles. The van der Waals surface area contributed by atoms with Crippen LogP contribution in [0.2, 0.25) is 0 Å². The number of aromatic nitrogens is 4. The van der Waals surface area contributed by atoms with Crippen LogP contribution in [-0.4, -0.2) is 26.5 Å². The number of nitrogens with zero attached hydrogens (tertiary/aromatic N) is 3. The van der Waals surface area contributed by atoms with Gasteiger partial charge in [-0.15, -0.1) is 6.58 Å². The Kier molecular flexibility index (Phi) is 5.11. The lowest BCUT2D eigenvalue weighted by atomic mass is 10.1. The SMILES string of the molecule is C=CCc1c(C)nc(Cc2nc(C)c3cccc(OCC)c3n2)[nH]c1=O. The maximum Gasteiger partial charge on any atom is 0.254 e. The van der Waals surface area contributed by atoms with Gasteiger partial charge in [-0.25, -0.2) is 15.0 Å². The molecule has 1 aromatic carbocycles. The Morgan fingerprint density at radius 1 is 1.19 bits per heavy atom. The summed E-state index contributed by atoms with van der Waals surface area (Å²) in [5, 5.41) is 0.957. The lowest BCUT2D eigenvalue weighted by Crippen LogP contribution is -2.19. The summed E-state index contributed by atoms with van der Waals surface area (Å²) in [6.45, 7) is 9.96. The van der Waals surface area contributed by atoms with Gasteiger partial charge in [-0.05, 0) is 33.3 Å². The second kappa shape index (κ2) is 7.47. The van der Waals surface area contributed by atoms with E-state index in [-0.39, 0.29) is 5.56 Å². The van der Waals surface area contributed by atoms with Gasteiger partial charge >= 0.3 is 0 Å². The first-order valence-corrected chi connectivity index (χ1v) is 8.62. The van der Waals surface area contributed by atoms with Gasteiger partial charge in [0.2, 0.25) is 0 Å². The summed E-state index contributed by atoms with van der Waals surface area (Å²) in [6.07, 6.45) is 2.55. The molecule has 0 bridgehead atoms. The molecule has 1 N–H and O–H groups in total. The third kappa shape index (κ3) is 3.49. The van der Waals surface area contributed by atoms with Crippen molar-refractivity contribution in [3.63, 3.8) is 0 Å². The predicted octanol–water partition coefficient (Wildman–Crippen LogP) is 3.05. The highest BCUT2D eigenvalue weighted by Gasteiger charge is 2.12. The van der Waals surface area contributed by atoms with E-state index in [4.69, 9.17) is 4.74 Å². The maximum atomic E-state index is 12.3. The first-order chi connectivity index (χ1) is 12.5. The molecular formula is C20H22N4O2. The van der Waals surface area contributed by atoms with Crippen LogP contribution in [-0.2, 0) is 12.8 Å². The van der Waals surface area contributed by atoms with Gasteiger partial charge in [0.25, 0.3) is 5.56 Å². The Morgan fingerprint density at radius 3 is 2.69 bits per heavy atom. The molecule has 2 aromatic heterocycles. The summed E-state index contributed by atoms with van der Waals surface area (Å²) < 4.78 is 5.69. The Hall–Kier alpha value is -3.02. The van der Waals surface area contributed by atoms with Crippen molar-refractivity contribution >= 4 is 10.9 Å². The van der Waals surface area contributed by atoms with Crippen molar-refractivity contribution in [2.75, 3.05) is 6.61 Å². The average Bonchev–Trinajstić information content (AvgIpc) is 2.59. The molecule has 0 radical (unpaired) electrons. The van der Waals surface area contributed by atoms with Crippen LogP contribution in [0.5, 0.6) is 5.75 Å². The number of fused-ring (bicyclic) bond motifs is 1. The zero-order valence-electron chi connectivity index (χ0n) is 15.3. The van der Waals surface area contributed by atoms with Crippen LogP contribution >= 0.6 is 0 Å². The Morgan fingerprint density at radius 2 is 2.00 bits per heavy atom. The normalized spacial score (nSPS) is 10.9. The van der Waals surface area contributed by atoms with Crippen molar-refractivity contribution in [1.29, 1.82) is 0 Å². The van der Waals surface area contributed by atoms with Gasteiger partial charge in [0, 0.05) is 22.3 Å². The molecule has 3 rings (SSSR count). The van der Waals surface area contributed by atoms with Crippen LogP contribution in [0.3, 0.4) is 0 Å². The van der Waals surface area contributed by atoms with E-state index >= 15 is 0 Å². The lowest BCUT2D eigenvalue weighted by Gasteiger charge is -2.10. The molecule has 3 aromatic rings. The number of H-pyrrole nitrogens is 1. The van der Waals surface area contributed by atoms with Gasteiger partial charge in [-0.3, -0.25) is 4.79 Å². The van der Waals surface area contributed by atoms with Gasteiger partial charge in [-0.2, -0.15) is 0 Å². The number of aryl methyl sites for hydroxylation is 2. The molecule has 0 saturated carbocycles. The van der Waals surface area contributed by atoms with Crippen LogP contribution in [0.25, 0.3) is 10.9 Å². The third-order valence-corrected chi connectivity index (χ3v) is 4.17. The highest BCUT2D eigenvalue weighted by atomic mass is 16.5. The smallest absolute Gasteiger partial charge is 0.254 e. The minimum absolute atomic E-state index is 0.139. The van der Waals surface area contributed by atoms with E-state index in [1.54, 1.807) is 6.08 Å². The Labute approximate surface area is 152 Å². The zero-order valence-corrected chi connectivity index (χ0v) is 15.3. The number of allylic oxidation sites excluding steroid dienone is 1. The van der Waals surface area contributed by atoms with Crippen molar-refractivity contribution in [3.8, 4) is 5.75 Å². The van der Waals surface area contributed by atoms with Crippen LogP contribution in [0.1, 0.15) is 35.5 Å². The molecule has 0 spiro atoms. The molecule has 26 heavy (non-hydrogen) atoms. The molecule has 0 amide bonds. The fourth-order valence-corrected chi connectivity index (χ4v) is 2.98. The molecule has 2 heterocycles. The summed E-state index contributed by atoms with van der Waals surface area (Å²) in [6, 6.07) is 5.81. The number of ether oxygens (including phenoxy) is 1. The van der Waals surface area contributed by atoms with E-state index in [1.807, 2.05) is 39.0 Å². The van der Waals surface area contributed by atoms with Crippen LogP contribution in [0, 0.1) is 13.8 Å². The van der Waals surface area contributed by atoms with E-state index in [9.17, 15) is 4.79 Å². The summed E-state index contributed by atoms with van der Waals surface area (Å²) in [5.74, 6) is 1.88. The van der Waals surface area contributed by atoms with Gasteiger partial charge in [0.05, 0.1) is 13.0 Å². The van der Waals surface area contributed by atoms with E-state index in [0.29, 0.717) is 42.4 Å². The number of nitrogens with one attached hydrogen (secondary N) is 1. The number of rotatable bonds is 6. The van der Waals surface area contributed by atoms with Gasteiger partial charge in [0.15, 0.2) is 0 Å². The lowest BCUT2D eigenvalue weighted by molar-refractivity contribution is 0.343. The van der Waals surface area contributed by atoms with Crippen LogP contribution < -0.4 is 10.3 Å². The highest BCUT2D eigenvalue weighted by molar-refractivity contribution is 5.86. The maximum absolute atomic E-state index is 12.3. The second-order valence-corrected chi connectivity index (χ2v) is 6.06. The van der Waals surface area contributed by atoms with E-state index in [1.165, 1.54) is 0 Å². The molecule has 0 aliphatic heterocycles. The largest absolute Gasteiger partial charge is 0.492 e. The first kappa shape index (κ1) is 17.8. The molecule has 6 heteroatoms. The summed E-state index contributed by atoms with van der Waals surface area (Å²) in [7, 11) is 0. The fourth-order valence-electron chi connectivity index (χ4n) is 2.98. The highest BCUT2D eigenvalue weighted by Crippen LogP contribution is 2.25. The molecule has 0 aliphatic carbocycles. The number of benzene rings is 1. The first-order valence-electron chi connectivity index (χ1n) is 8.62. The fraction of sp³-hybridized carbons (Fsp3) is 0.300. The minimum Gasteiger partial charge on any atom is -0.492 e. The average molecular weight is 350 g/mol. The standard InChI is InChI=1S/C20H22N4O2/c1-5-8-15-13(4)22-18(24-20(15)25)11-17-21-12(3)14-9-7-10-16(26-6-2)19(14)23-17/h5,7,9-10H,1,6,8,11H2,2-4H3,(H,22,24,25). The van der Waals surface area contributed by atoms with Crippen molar-refractivity contribution in [2.45, 2.75) is 33.6 Å². The number of hydrogen-bond donors (Lipinski definition) is 1. The molecule has 0 aliphatic rings.